The van der Waals surface area contributed by atoms with Crippen molar-refractivity contribution < 1.29 is 2.10 Å². The van der Waals surface area contributed by atoms with E-state index >= 15 is 0 Å². The third kappa shape index (κ3) is 3.72. The van der Waals surface area contributed by atoms with Crippen LogP contribution in [0.4, 0.5) is 0 Å². The lowest BCUT2D eigenvalue weighted by atomic mass is 10.4. The van der Waals surface area contributed by atoms with Crippen molar-refractivity contribution in [1.29, 1.82) is 0 Å². The van der Waals surface area contributed by atoms with E-state index in [0.29, 0.717) is 0 Å². The zero-order valence-corrected chi connectivity index (χ0v) is 25.4. The Morgan fingerprint density at radius 3 is 0.968 bits per heavy atom. The predicted molar refractivity (Wildman–Crippen MR) is 161 cm³/mol. The molecule has 0 amide bonds. The lowest BCUT2D eigenvalue weighted by molar-refractivity contribution is -0.264. The van der Waals surface area contributed by atoms with Gasteiger partial charge in [-0.2, -0.15) is 0 Å². The summed E-state index contributed by atoms with van der Waals surface area (Å²) in [6.45, 7) is 0. The van der Waals surface area contributed by atoms with E-state index in [1.807, 2.05) is 47.0 Å². The summed E-state index contributed by atoms with van der Waals surface area (Å²) in [6.07, 6.45) is 7.97. The minimum Gasteiger partial charge on any atom is -0.0846 e. The molecule has 0 radical (unpaired) electrons. The number of allylic oxidation sites excluding steroid dienone is 4. The predicted octanol–water partition coefficient (Wildman–Crippen LogP) is 11.6. The van der Waals surface area contributed by atoms with E-state index in [-0.39, 0.29) is 0 Å². The van der Waals surface area contributed by atoms with Crippen LogP contribution in [0.3, 0.4) is 0 Å². The van der Waals surface area contributed by atoms with Gasteiger partial charge in [-0.15, -0.1) is 0 Å². The van der Waals surface area contributed by atoms with Crippen molar-refractivity contribution in [1.82, 2.24) is 0 Å². The van der Waals surface area contributed by atoms with Crippen molar-refractivity contribution >= 4 is 142 Å². The molecule has 0 saturated carbocycles. The molecule has 8 rings (SSSR count). The molecule has 0 bridgehead atoms. The SMILES string of the molecule is C1CC2=C(C1)SC(=C1SC3=C(S1)S[N+]1(S3)SC3=C(SC(=C4SC5=C(CCC5)S4)S3)S1)S2. The molecule has 6 aliphatic heterocycles. The minimum absolute atomic E-state index is 0.949. The van der Waals surface area contributed by atoms with E-state index in [1.165, 1.54) is 63.9 Å². The number of hydrogen-bond acceptors (Lipinski definition) is 12. The van der Waals surface area contributed by atoms with Gasteiger partial charge in [-0.3, -0.25) is 0 Å². The molecule has 0 aromatic carbocycles. The van der Waals surface area contributed by atoms with Crippen molar-refractivity contribution in [3.05, 3.63) is 53.5 Å². The molecule has 0 N–H and O–H groups in total. The number of rotatable bonds is 0. The number of hydrogen-bond donors (Lipinski definition) is 0. The summed E-state index contributed by atoms with van der Waals surface area (Å²) in [5, 5.41) is 0. The summed E-state index contributed by atoms with van der Waals surface area (Å²) in [7, 11) is 0. The molecular formula is C18H12NS12+. The molecule has 0 unspecified atom stereocenters. The molecule has 1 nitrogen and oxygen atoms in total. The third-order valence-corrected chi connectivity index (χ3v) is 24.0. The fraction of sp³-hybridized carbons (Fsp3) is 0.333. The second-order valence-corrected chi connectivity index (χ2v) is 23.8. The molecule has 0 atom stereocenters. The van der Waals surface area contributed by atoms with Gasteiger partial charge in [0.1, 0.15) is 16.9 Å². The molecule has 8 aliphatic rings. The van der Waals surface area contributed by atoms with Crippen molar-refractivity contribution in [2.75, 3.05) is 0 Å². The Morgan fingerprint density at radius 2 is 0.645 bits per heavy atom. The summed E-state index contributed by atoms with van der Waals surface area (Å²) < 4.78 is 13.3. The number of thioether (sulfide) groups is 8. The van der Waals surface area contributed by atoms with E-state index in [9.17, 15) is 0 Å². The molecule has 0 saturated heterocycles. The second kappa shape index (κ2) is 8.31. The number of quaternary nitrogens is 1. The van der Waals surface area contributed by atoms with E-state index in [2.05, 4.69) is 94.8 Å². The van der Waals surface area contributed by atoms with Gasteiger partial charge in [0.2, 0.25) is 0 Å². The Hall–Kier alpha value is 2.60. The van der Waals surface area contributed by atoms with Crippen LogP contribution in [0.25, 0.3) is 0 Å². The van der Waals surface area contributed by atoms with E-state index < -0.39 is 0 Å². The van der Waals surface area contributed by atoms with Crippen LogP contribution < -0.4 is 0 Å². The first kappa shape index (κ1) is 21.7. The number of nitrogens with zero attached hydrogens (tertiary/aromatic N) is 1. The van der Waals surface area contributed by atoms with Gasteiger partial charge >= 0.3 is 0 Å². The van der Waals surface area contributed by atoms with Crippen molar-refractivity contribution in [2.45, 2.75) is 38.5 Å². The Morgan fingerprint density at radius 1 is 0.355 bits per heavy atom. The van der Waals surface area contributed by atoms with Crippen LogP contribution in [0.15, 0.2) is 53.5 Å². The maximum absolute atomic E-state index is 2.07. The van der Waals surface area contributed by atoms with Crippen LogP contribution in [0.2, 0.25) is 0 Å². The second-order valence-electron chi connectivity index (χ2n) is 7.33. The lowest BCUT2D eigenvalue weighted by Crippen LogP contribution is -2.08. The maximum atomic E-state index is 2.07. The first-order valence-corrected chi connectivity index (χ1v) is 19.4. The zero-order valence-electron chi connectivity index (χ0n) is 15.6. The smallest absolute Gasteiger partial charge is 0.0846 e. The highest BCUT2D eigenvalue weighted by molar-refractivity contribution is 8.53. The van der Waals surface area contributed by atoms with Gasteiger partial charge in [-0.1, -0.05) is 96.2 Å². The van der Waals surface area contributed by atoms with Crippen molar-refractivity contribution in [3.8, 4) is 0 Å². The standard InChI is InChI=1S/C18H12NS12/c1-3-7-8(4-1)21-11(20-7)13-24-15-16(25-13)29-19(28-15)30-17-18(31-19)27-14(26-17)12-22-9-5-2-6-10(9)23-12/h1-6H2/q+1. The van der Waals surface area contributed by atoms with E-state index in [4.69, 9.17) is 0 Å². The van der Waals surface area contributed by atoms with Gasteiger partial charge in [0.25, 0.3) is 0 Å². The van der Waals surface area contributed by atoms with Crippen LogP contribution in [0.1, 0.15) is 38.5 Å². The van der Waals surface area contributed by atoms with Crippen molar-refractivity contribution in [2.24, 2.45) is 0 Å². The topological polar surface area (TPSA) is 0 Å². The first-order valence-electron chi connectivity index (χ1n) is 9.73. The lowest BCUT2D eigenvalue weighted by Gasteiger charge is -2.20. The van der Waals surface area contributed by atoms with Crippen LogP contribution in [-0.4, -0.2) is 2.10 Å². The fourth-order valence-corrected chi connectivity index (χ4v) is 25.6. The summed E-state index contributed by atoms with van der Waals surface area (Å²) in [6, 6.07) is 0. The summed E-state index contributed by atoms with van der Waals surface area (Å²) in [4.78, 5) is 6.64. The monoisotopic (exact) mass is 626 g/mol. The largest absolute Gasteiger partial charge is 0.161 e. The van der Waals surface area contributed by atoms with Crippen LogP contribution in [-0.2, 0) is 0 Å². The van der Waals surface area contributed by atoms with Crippen LogP contribution in [0, 0.1) is 0 Å². The summed E-state index contributed by atoms with van der Waals surface area (Å²) in [5.41, 5.74) is 0. The fourth-order valence-electron chi connectivity index (χ4n) is 3.92. The maximum Gasteiger partial charge on any atom is 0.161 e. The van der Waals surface area contributed by atoms with Gasteiger partial charge in [0, 0.05) is 19.6 Å². The summed E-state index contributed by atoms with van der Waals surface area (Å²) in [5.74, 6) is 0. The molecule has 6 heterocycles. The molecule has 0 fully saturated rings. The Balaban J connectivity index is 0.931. The van der Waals surface area contributed by atoms with Gasteiger partial charge in [-0.25, -0.2) is 0 Å². The molecule has 13 heteroatoms. The molecule has 1 spiro atoms. The van der Waals surface area contributed by atoms with Gasteiger partial charge in [0.15, 0.2) is 47.8 Å². The first-order chi connectivity index (χ1) is 15.2. The van der Waals surface area contributed by atoms with Gasteiger partial charge < -0.3 is 0 Å². The van der Waals surface area contributed by atoms with Crippen LogP contribution in [0.5, 0.6) is 0 Å². The Labute approximate surface area is 233 Å². The average molecular weight is 627 g/mol. The Bertz CT molecular complexity index is 985. The van der Waals surface area contributed by atoms with E-state index in [0.717, 1.165) is 2.10 Å². The average Bonchev–Trinajstić information content (AvgIpc) is 3.52. The normalized spacial score (nSPS) is 31.0. The Kier molecular flexibility index (Phi) is 5.81. The minimum atomic E-state index is 0.949. The molecule has 0 aromatic rings. The van der Waals surface area contributed by atoms with Crippen molar-refractivity contribution in [3.63, 3.8) is 0 Å². The highest BCUT2D eigenvalue weighted by atomic mass is 32.4. The van der Waals surface area contributed by atoms with Gasteiger partial charge in [0.05, 0.1) is 16.9 Å². The molecule has 31 heavy (non-hydrogen) atoms. The third-order valence-electron chi connectivity index (χ3n) is 5.29. The van der Waals surface area contributed by atoms with E-state index in [1.54, 1.807) is 28.1 Å². The van der Waals surface area contributed by atoms with Crippen LogP contribution >= 0.6 is 142 Å². The molecule has 160 valence electrons. The summed E-state index contributed by atoms with van der Waals surface area (Å²) >= 11 is 24.6. The molecular weight excluding hydrogens is 615 g/mol. The highest BCUT2D eigenvalue weighted by Gasteiger charge is 2.58. The molecule has 0 aromatic heterocycles. The quantitative estimate of drug-likeness (QED) is 0.185. The molecule has 2 aliphatic carbocycles. The highest BCUT2D eigenvalue weighted by Crippen LogP contribution is 2.82. The zero-order chi connectivity index (χ0) is 20.2. The van der Waals surface area contributed by atoms with Gasteiger partial charge in [-0.05, 0) is 38.5 Å².